The standard InChI is InChI=1S/C20H14N2O7S2.2Na/c23-16-10-8-12-4-3-7-18(31(27,28)29)19(12)20(16)22-21-15-9-11-17(30(24,25)26)14-6-2-1-5-13(14)15;;/h1-11,23H,(H,24,25,26)(H,27,28,29);;/q;2*+1/p-2. The van der Waals surface area contributed by atoms with E-state index in [9.17, 15) is 31.0 Å². The van der Waals surface area contributed by atoms with E-state index in [1.54, 1.807) is 18.2 Å². The van der Waals surface area contributed by atoms with Crippen molar-refractivity contribution in [1.29, 1.82) is 0 Å². The second-order valence-corrected chi connectivity index (χ2v) is 9.26. The average molecular weight is 502 g/mol. The molecule has 0 aliphatic carbocycles. The van der Waals surface area contributed by atoms with E-state index >= 15 is 0 Å². The first kappa shape index (κ1) is 27.9. The fourth-order valence-corrected chi connectivity index (χ4v) is 4.69. The molecule has 9 nitrogen and oxygen atoms in total. The van der Waals surface area contributed by atoms with Gasteiger partial charge in [0.05, 0.1) is 16.3 Å². The van der Waals surface area contributed by atoms with Crippen LogP contribution in [0.2, 0.25) is 0 Å². The Hall–Kier alpha value is -1.38. The summed E-state index contributed by atoms with van der Waals surface area (Å²) in [4.78, 5) is -0.917. The van der Waals surface area contributed by atoms with Crippen molar-refractivity contribution >= 4 is 53.2 Å². The van der Waals surface area contributed by atoms with E-state index in [0.717, 1.165) is 12.1 Å². The molecule has 0 spiro atoms. The van der Waals surface area contributed by atoms with E-state index in [0.29, 0.717) is 10.8 Å². The van der Waals surface area contributed by atoms with Gasteiger partial charge in [-0.1, -0.05) is 54.3 Å². The summed E-state index contributed by atoms with van der Waals surface area (Å²) in [5.74, 6) is -0.629. The minimum atomic E-state index is -4.74. The van der Waals surface area contributed by atoms with Crippen molar-refractivity contribution in [2.75, 3.05) is 0 Å². The van der Waals surface area contributed by atoms with Crippen molar-refractivity contribution < 1.29 is 90.2 Å². The SMILES string of the molecule is O=S(=O)([O-])c1ccc(N=Nc2c([O-])ccc3cccc(S(=O)(=O)O)c23)c2ccccc12.[Na+].[Na+]. The summed E-state index contributed by atoms with van der Waals surface area (Å²) in [7, 11) is -9.39. The van der Waals surface area contributed by atoms with E-state index in [2.05, 4.69) is 10.2 Å². The Labute approximate surface area is 233 Å². The molecule has 0 fully saturated rings. The van der Waals surface area contributed by atoms with Crippen molar-refractivity contribution in [3.05, 3.63) is 66.7 Å². The Kier molecular flexibility index (Phi) is 8.85. The third kappa shape index (κ3) is 5.65. The Morgan fingerprint density at radius 1 is 0.727 bits per heavy atom. The minimum absolute atomic E-state index is 0. The third-order valence-corrected chi connectivity index (χ3v) is 6.40. The molecular formula is C20H12N2Na2O7S2. The van der Waals surface area contributed by atoms with Gasteiger partial charge in [-0.2, -0.15) is 13.5 Å². The smallest absolute Gasteiger partial charge is 0.871 e. The first-order valence-corrected chi connectivity index (χ1v) is 11.5. The molecule has 1 N–H and O–H groups in total. The summed E-state index contributed by atoms with van der Waals surface area (Å²) in [5.41, 5.74) is -0.154. The van der Waals surface area contributed by atoms with Gasteiger partial charge in [0.2, 0.25) is 0 Å². The van der Waals surface area contributed by atoms with Crippen LogP contribution in [0.25, 0.3) is 21.5 Å². The fourth-order valence-electron chi connectivity index (χ4n) is 3.29. The van der Waals surface area contributed by atoms with Crippen molar-refractivity contribution in [3.63, 3.8) is 0 Å². The number of hydrogen-bond acceptors (Lipinski definition) is 8. The molecule has 4 aromatic carbocycles. The summed E-state index contributed by atoms with van der Waals surface area (Å²) < 4.78 is 67.7. The molecule has 4 aromatic rings. The van der Waals surface area contributed by atoms with Crippen LogP contribution in [-0.4, -0.2) is 25.9 Å². The molecule has 0 heterocycles. The number of benzene rings is 4. The number of azo groups is 1. The van der Waals surface area contributed by atoms with Crippen molar-refractivity contribution in [2.24, 2.45) is 10.2 Å². The first-order chi connectivity index (χ1) is 14.6. The molecule has 33 heavy (non-hydrogen) atoms. The Balaban J connectivity index is 0.00000193. The van der Waals surface area contributed by atoms with Crippen LogP contribution in [0.15, 0.2) is 86.7 Å². The van der Waals surface area contributed by atoms with Crippen LogP contribution >= 0.6 is 0 Å². The number of nitrogens with zero attached hydrogens (tertiary/aromatic N) is 2. The van der Waals surface area contributed by atoms with Gasteiger partial charge in [-0.15, -0.1) is 5.11 Å². The van der Waals surface area contributed by atoms with Gasteiger partial charge < -0.3 is 9.66 Å². The summed E-state index contributed by atoms with van der Waals surface area (Å²) in [5, 5.41) is 21.1. The van der Waals surface area contributed by atoms with E-state index in [4.69, 9.17) is 0 Å². The predicted octanol–water partition coefficient (Wildman–Crippen LogP) is -2.36. The van der Waals surface area contributed by atoms with E-state index in [-0.39, 0.29) is 81.3 Å². The first-order valence-electron chi connectivity index (χ1n) is 8.67. The topological polar surface area (TPSA) is 159 Å². The van der Waals surface area contributed by atoms with E-state index < -0.39 is 35.8 Å². The maximum Gasteiger partial charge on any atom is 1.00 e. The summed E-state index contributed by atoms with van der Waals surface area (Å²) in [6.45, 7) is 0. The summed E-state index contributed by atoms with van der Waals surface area (Å²) >= 11 is 0. The molecule has 0 radical (unpaired) electrons. The minimum Gasteiger partial charge on any atom is -0.871 e. The maximum atomic E-state index is 12.4. The molecule has 13 heteroatoms. The van der Waals surface area contributed by atoms with Gasteiger partial charge in [-0.3, -0.25) is 4.55 Å². The Morgan fingerprint density at radius 3 is 2.03 bits per heavy atom. The van der Waals surface area contributed by atoms with Gasteiger partial charge in [-0.05, 0) is 23.6 Å². The van der Waals surface area contributed by atoms with Crippen molar-refractivity contribution in [1.82, 2.24) is 0 Å². The Morgan fingerprint density at radius 2 is 1.39 bits per heavy atom. The molecule has 0 bridgehead atoms. The van der Waals surface area contributed by atoms with Crippen molar-refractivity contribution in [2.45, 2.75) is 9.79 Å². The molecule has 0 aliphatic rings. The third-order valence-electron chi connectivity index (χ3n) is 4.61. The predicted molar refractivity (Wildman–Crippen MR) is 109 cm³/mol. The summed E-state index contributed by atoms with van der Waals surface area (Å²) in [6, 6.07) is 15.2. The largest absolute Gasteiger partial charge is 1.00 e. The molecule has 0 saturated heterocycles. The van der Waals surface area contributed by atoms with Crippen LogP contribution in [-0.2, 0) is 20.2 Å². The van der Waals surface area contributed by atoms with Crippen LogP contribution in [0.5, 0.6) is 5.75 Å². The van der Waals surface area contributed by atoms with Crippen LogP contribution in [0, 0.1) is 0 Å². The molecule has 158 valence electrons. The number of hydrogen-bond donors (Lipinski definition) is 1. The van der Waals surface area contributed by atoms with Gasteiger partial charge in [-0.25, -0.2) is 8.42 Å². The van der Waals surface area contributed by atoms with E-state index in [1.807, 2.05) is 0 Å². The molecule has 0 atom stereocenters. The molecule has 0 amide bonds. The summed E-state index contributed by atoms with van der Waals surface area (Å²) in [6.07, 6.45) is 0. The number of fused-ring (bicyclic) bond motifs is 2. The zero-order valence-electron chi connectivity index (χ0n) is 17.5. The normalized spacial score (nSPS) is 11.9. The van der Waals surface area contributed by atoms with Gasteiger partial charge in [0.25, 0.3) is 10.1 Å². The zero-order valence-corrected chi connectivity index (χ0v) is 23.1. The fraction of sp³-hybridized carbons (Fsp3) is 0. The van der Waals surface area contributed by atoms with Crippen LogP contribution in [0.4, 0.5) is 11.4 Å². The molecule has 0 saturated carbocycles. The van der Waals surface area contributed by atoms with Gasteiger partial charge in [0.1, 0.15) is 15.0 Å². The Bertz CT molecular complexity index is 1610. The molecule has 0 aliphatic heterocycles. The monoisotopic (exact) mass is 502 g/mol. The molecule has 4 rings (SSSR count). The van der Waals surface area contributed by atoms with Gasteiger partial charge in [0.15, 0.2) is 0 Å². The second-order valence-electron chi connectivity index (χ2n) is 6.52. The average Bonchev–Trinajstić information content (AvgIpc) is 2.71. The van der Waals surface area contributed by atoms with Crippen LogP contribution < -0.4 is 64.2 Å². The van der Waals surface area contributed by atoms with Crippen molar-refractivity contribution in [3.8, 4) is 5.75 Å². The van der Waals surface area contributed by atoms with Gasteiger partial charge in [0, 0.05) is 16.2 Å². The maximum absolute atomic E-state index is 12.4. The quantitative estimate of drug-likeness (QED) is 0.186. The van der Waals surface area contributed by atoms with Crippen LogP contribution in [0.3, 0.4) is 0 Å². The van der Waals surface area contributed by atoms with Crippen LogP contribution in [0.1, 0.15) is 0 Å². The van der Waals surface area contributed by atoms with E-state index in [1.165, 1.54) is 36.4 Å². The zero-order chi connectivity index (χ0) is 22.4. The molecule has 0 unspecified atom stereocenters. The molecular weight excluding hydrogens is 490 g/mol. The number of rotatable bonds is 4. The molecule has 0 aromatic heterocycles. The second kappa shape index (κ2) is 10.5. The van der Waals surface area contributed by atoms with Gasteiger partial charge >= 0.3 is 59.1 Å².